The minimum atomic E-state index is -0.541. The Morgan fingerprint density at radius 2 is 0.453 bits per heavy atom. The normalized spacial score (nSPS) is 14.8. The summed E-state index contributed by atoms with van der Waals surface area (Å²) in [5, 5.41) is 0. The van der Waals surface area contributed by atoms with E-state index in [4.69, 9.17) is 19.9 Å². The summed E-state index contributed by atoms with van der Waals surface area (Å²) < 4.78 is 0. The molecule has 0 saturated heterocycles. The molecule has 0 N–H and O–H groups in total. The average molecular weight is 1350 g/mol. The van der Waals surface area contributed by atoms with E-state index < -0.39 is 10.8 Å². The number of hydrogen-bond donors (Lipinski definition) is 0. The summed E-state index contributed by atoms with van der Waals surface area (Å²) in [5.41, 5.74) is 35.9. The molecule has 5 aliphatic rings. The zero-order valence-electron chi connectivity index (χ0n) is 57.9. The van der Waals surface area contributed by atoms with E-state index in [0.717, 1.165) is 78.4 Å². The van der Waals surface area contributed by atoms with Crippen molar-refractivity contribution < 1.29 is 0 Å². The van der Waals surface area contributed by atoms with Crippen molar-refractivity contribution in [2.24, 2.45) is 0 Å². The summed E-state index contributed by atoms with van der Waals surface area (Å²) in [6, 6.07) is 143. The van der Waals surface area contributed by atoms with E-state index >= 15 is 0 Å². The third-order valence-corrected chi connectivity index (χ3v) is 23.1. The lowest BCUT2D eigenvalue weighted by molar-refractivity contribution is 0.755. The first-order valence-electron chi connectivity index (χ1n) is 36.7. The monoisotopic (exact) mass is 1350 g/mol. The molecule has 2 bridgehead atoms. The predicted molar refractivity (Wildman–Crippen MR) is 430 cm³/mol. The van der Waals surface area contributed by atoms with E-state index in [1.54, 1.807) is 0 Å². The van der Waals surface area contributed by atoms with Crippen molar-refractivity contribution in [1.82, 2.24) is 19.9 Å². The van der Waals surface area contributed by atoms with Gasteiger partial charge in [-0.05, 0) is 159 Å². The molecule has 0 saturated carbocycles. The summed E-state index contributed by atoms with van der Waals surface area (Å²) in [4.78, 5) is 22.1. The lowest BCUT2D eigenvalue weighted by atomic mass is 9.60. The molecular formula is C102H66N4. The zero-order chi connectivity index (χ0) is 69.9. The molecule has 0 amide bonds. The maximum Gasteiger partial charge on any atom is 0.160 e. The molecule has 2 unspecified atom stereocenters. The molecule has 0 fully saturated rings. The quantitative estimate of drug-likeness (QED) is 0.122. The maximum absolute atomic E-state index is 5.52. The van der Waals surface area contributed by atoms with Gasteiger partial charge >= 0.3 is 0 Å². The van der Waals surface area contributed by atoms with Crippen LogP contribution < -0.4 is 0 Å². The van der Waals surface area contributed by atoms with E-state index in [1.165, 1.54) is 100 Å². The van der Waals surface area contributed by atoms with Gasteiger partial charge in [-0.3, -0.25) is 0 Å². The Morgan fingerprint density at radius 3 is 0.830 bits per heavy atom. The fraction of sp³-hybridized carbons (Fsp3) is 0.0392. The van der Waals surface area contributed by atoms with Gasteiger partial charge in [-0.25, -0.2) is 19.9 Å². The maximum atomic E-state index is 5.52. The van der Waals surface area contributed by atoms with Crippen LogP contribution in [-0.2, 0) is 10.8 Å². The van der Waals surface area contributed by atoms with Crippen LogP contribution in [0.15, 0.2) is 388 Å². The molecule has 22 rings (SSSR count). The second-order valence-corrected chi connectivity index (χ2v) is 28.5. The Kier molecular flexibility index (Phi) is 14.2. The van der Waals surface area contributed by atoms with E-state index in [9.17, 15) is 0 Å². The van der Waals surface area contributed by atoms with Crippen LogP contribution in [-0.4, -0.2) is 19.9 Å². The van der Waals surface area contributed by atoms with Gasteiger partial charge in [0.1, 0.15) is 0 Å². The predicted octanol–water partition coefficient (Wildman–Crippen LogP) is 24.3. The Morgan fingerprint density at radius 1 is 0.170 bits per heavy atom. The van der Waals surface area contributed by atoms with Crippen molar-refractivity contribution in [3.05, 3.63) is 466 Å². The van der Waals surface area contributed by atoms with E-state index in [-0.39, 0.29) is 11.8 Å². The summed E-state index contributed by atoms with van der Waals surface area (Å²) in [6.07, 6.45) is 0. The van der Waals surface area contributed by atoms with Crippen LogP contribution in [0.5, 0.6) is 0 Å². The van der Waals surface area contributed by atoms with E-state index in [1.807, 2.05) is 0 Å². The summed E-state index contributed by atoms with van der Waals surface area (Å²) in [5.74, 6) is 1.32. The molecule has 5 aliphatic carbocycles. The number of hydrogen-bond acceptors (Lipinski definition) is 4. The van der Waals surface area contributed by atoms with Crippen molar-refractivity contribution in [3.63, 3.8) is 0 Å². The molecule has 2 aromatic heterocycles. The largest absolute Gasteiger partial charge is 0.228 e. The molecule has 0 radical (unpaired) electrons. The highest BCUT2D eigenvalue weighted by Gasteiger charge is 2.48. The second-order valence-electron chi connectivity index (χ2n) is 28.5. The second kappa shape index (κ2) is 24.6. The van der Waals surface area contributed by atoms with Gasteiger partial charge < -0.3 is 0 Å². The van der Waals surface area contributed by atoms with Crippen LogP contribution >= 0.6 is 0 Å². The van der Waals surface area contributed by atoms with Crippen molar-refractivity contribution >= 4 is 0 Å². The van der Waals surface area contributed by atoms with Gasteiger partial charge in [0.25, 0.3) is 0 Å². The fourth-order valence-corrected chi connectivity index (χ4v) is 18.6. The minimum absolute atomic E-state index is 0.0176. The molecule has 0 aliphatic heterocycles. The molecule has 15 aromatic carbocycles. The number of rotatable bonds is 12. The SMILES string of the molecule is c1ccc(-c2nc(-c3ccc4c(c3)C3c5ccccc5C4c4cc(-c5cc(-c6ccccc6-c6ccc7c(c6)C(c6ccccc6)(c6ccccc6)c6ccccc6-7)nc(-c6ccccc6)n5)ccc43)cc(-c3ccccc3-c3ccc4c(c3)C(c3ccccc3)(c3ccccc3)c3ccccc3-4)n2)cc1. The van der Waals surface area contributed by atoms with Gasteiger partial charge in [0.15, 0.2) is 11.6 Å². The first kappa shape index (κ1) is 61.2. The van der Waals surface area contributed by atoms with Crippen molar-refractivity contribution in [1.29, 1.82) is 0 Å². The first-order valence-corrected chi connectivity index (χ1v) is 36.7. The highest BCUT2D eigenvalue weighted by Crippen LogP contribution is 2.61. The van der Waals surface area contributed by atoms with Crippen LogP contribution in [0.3, 0.4) is 0 Å². The molecule has 17 aromatic rings. The van der Waals surface area contributed by atoms with Gasteiger partial charge in [0, 0.05) is 45.2 Å². The molecular weight excluding hydrogens is 1280 g/mol. The fourth-order valence-electron chi connectivity index (χ4n) is 18.6. The smallest absolute Gasteiger partial charge is 0.160 e. The van der Waals surface area contributed by atoms with Crippen LogP contribution in [0.25, 0.3) is 112 Å². The third kappa shape index (κ3) is 9.40. The summed E-state index contributed by atoms with van der Waals surface area (Å²) >= 11 is 0. The molecule has 4 nitrogen and oxygen atoms in total. The molecule has 494 valence electrons. The standard InChI is InChI=1S/C102H66N4/c1-7-29-65(30-8-1)99-103-93(63-95(105-99)81-45-21-19-41-75(81)67-51-55-79-77-43-25-27-49-89(77)101(91(79)61-67,71-33-11-3-12-34-71)72-35-13-4-14-36-72)69-53-57-85-87(59-69)97-83-47-23-24-48-84(83)98(85)88-60-70(54-58-86(88)97)94-64-96(106-100(104-94)66-31-9-2-10-32-66)82-46-22-20-42-76(82)68-52-56-80-78-44-26-28-50-90(78)102(92(80)62-68,73-37-15-5-16-38-73)74-39-17-6-18-40-74/h1-64,97-98H. The molecule has 2 atom stereocenters. The van der Waals surface area contributed by atoms with Crippen molar-refractivity contribution in [2.45, 2.75) is 22.7 Å². The van der Waals surface area contributed by atoms with E-state index in [2.05, 4.69) is 388 Å². The van der Waals surface area contributed by atoms with Gasteiger partial charge in [0.2, 0.25) is 0 Å². The van der Waals surface area contributed by atoms with Crippen molar-refractivity contribution in [2.75, 3.05) is 0 Å². The average Bonchev–Trinajstić information content (AvgIpc) is 1.23. The van der Waals surface area contributed by atoms with Crippen LogP contribution in [0.2, 0.25) is 0 Å². The van der Waals surface area contributed by atoms with Crippen molar-refractivity contribution in [3.8, 4) is 112 Å². The van der Waals surface area contributed by atoms with Gasteiger partial charge in [-0.2, -0.15) is 0 Å². The molecule has 0 spiro atoms. The van der Waals surface area contributed by atoms with Crippen LogP contribution in [0, 0.1) is 0 Å². The van der Waals surface area contributed by atoms with Crippen LogP contribution in [0.4, 0.5) is 0 Å². The Labute approximate surface area is 617 Å². The zero-order valence-corrected chi connectivity index (χ0v) is 57.9. The Bertz CT molecular complexity index is 5860. The summed E-state index contributed by atoms with van der Waals surface area (Å²) in [6.45, 7) is 0. The van der Waals surface area contributed by atoms with Crippen LogP contribution in [0.1, 0.15) is 89.7 Å². The highest BCUT2D eigenvalue weighted by atomic mass is 14.9. The van der Waals surface area contributed by atoms with Gasteiger partial charge in [-0.15, -0.1) is 0 Å². The third-order valence-electron chi connectivity index (χ3n) is 23.1. The molecule has 4 heteroatoms. The van der Waals surface area contributed by atoms with Gasteiger partial charge in [-0.1, -0.05) is 352 Å². The molecule has 106 heavy (non-hydrogen) atoms. The van der Waals surface area contributed by atoms with Gasteiger partial charge in [0.05, 0.1) is 33.6 Å². The Hall–Kier alpha value is -13.5. The summed E-state index contributed by atoms with van der Waals surface area (Å²) in [7, 11) is 0. The number of benzene rings is 15. The molecule has 2 heterocycles. The highest BCUT2D eigenvalue weighted by molar-refractivity contribution is 5.94. The number of nitrogens with zero attached hydrogens (tertiary/aromatic N) is 4. The topological polar surface area (TPSA) is 51.6 Å². The first-order chi connectivity index (χ1) is 52.6. The lowest BCUT2D eigenvalue weighted by Gasteiger charge is -2.42. The number of aromatic nitrogens is 4. The Balaban J connectivity index is 0.674. The minimum Gasteiger partial charge on any atom is -0.228 e. The lowest BCUT2D eigenvalue weighted by Crippen LogP contribution is -2.28. The number of fused-ring (bicyclic) bond motifs is 6. The van der Waals surface area contributed by atoms with E-state index in [0.29, 0.717) is 11.6 Å².